The molecule has 0 aliphatic carbocycles. The molecule has 1 aromatic carbocycles. The summed E-state index contributed by atoms with van der Waals surface area (Å²) in [6.45, 7) is 5.38. The summed E-state index contributed by atoms with van der Waals surface area (Å²) in [6.07, 6.45) is 1.08. The molecule has 98 valence electrons. The van der Waals surface area contributed by atoms with E-state index in [2.05, 4.69) is 41.4 Å². The lowest BCUT2D eigenvalue weighted by atomic mass is 10.1. The number of hydrogen-bond donors (Lipinski definition) is 2. The van der Waals surface area contributed by atoms with E-state index in [1.54, 1.807) is 6.92 Å². The van der Waals surface area contributed by atoms with Gasteiger partial charge >= 0.3 is 0 Å². The van der Waals surface area contributed by atoms with Crippen LogP contribution in [0, 0.1) is 0 Å². The monoisotopic (exact) mass is 247 g/mol. The molecule has 4 nitrogen and oxygen atoms in total. The van der Waals surface area contributed by atoms with Crippen LogP contribution in [0.25, 0.3) is 0 Å². The molecule has 1 aliphatic heterocycles. The SMILES string of the molecule is CC1Cc2ccccc2N1CCNC(=O)[C@@H](C)N. The Hall–Kier alpha value is -1.55. The fourth-order valence-electron chi connectivity index (χ4n) is 2.43. The molecule has 0 aromatic heterocycles. The number of carbonyl (C=O) groups is 1. The molecule has 0 radical (unpaired) electrons. The van der Waals surface area contributed by atoms with Crippen LogP contribution < -0.4 is 16.0 Å². The van der Waals surface area contributed by atoms with Crippen molar-refractivity contribution in [3.8, 4) is 0 Å². The van der Waals surface area contributed by atoms with Crippen LogP contribution in [0.3, 0.4) is 0 Å². The number of benzene rings is 1. The highest BCUT2D eigenvalue weighted by Gasteiger charge is 2.24. The predicted molar refractivity (Wildman–Crippen MR) is 73.6 cm³/mol. The van der Waals surface area contributed by atoms with E-state index >= 15 is 0 Å². The van der Waals surface area contributed by atoms with Crippen molar-refractivity contribution >= 4 is 11.6 Å². The van der Waals surface area contributed by atoms with Crippen LogP contribution in [0.4, 0.5) is 5.69 Å². The molecule has 1 aliphatic rings. The van der Waals surface area contributed by atoms with Crippen molar-refractivity contribution in [3.63, 3.8) is 0 Å². The second-order valence-corrected chi connectivity index (χ2v) is 4.95. The molecular weight excluding hydrogens is 226 g/mol. The number of para-hydroxylation sites is 1. The van der Waals surface area contributed by atoms with Crippen molar-refractivity contribution in [1.82, 2.24) is 5.32 Å². The zero-order valence-electron chi connectivity index (χ0n) is 11.0. The number of rotatable bonds is 4. The fourth-order valence-corrected chi connectivity index (χ4v) is 2.43. The number of nitrogens with one attached hydrogen (secondary N) is 1. The molecule has 1 unspecified atom stereocenters. The van der Waals surface area contributed by atoms with Crippen LogP contribution in [0.5, 0.6) is 0 Å². The van der Waals surface area contributed by atoms with Crippen molar-refractivity contribution in [3.05, 3.63) is 29.8 Å². The predicted octanol–water partition coefficient (Wildman–Crippen LogP) is 0.901. The standard InChI is InChI=1S/C14H21N3O/c1-10-9-12-5-3-4-6-13(12)17(10)8-7-16-14(18)11(2)15/h3-6,10-11H,7-9,15H2,1-2H3,(H,16,18)/t10?,11-/m1/s1. The number of hydrogen-bond acceptors (Lipinski definition) is 3. The highest BCUT2D eigenvalue weighted by molar-refractivity contribution is 5.81. The molecule has 0 saturated heterocycles. The third-order valence-electron chi connectivity index (χ3n) is 3.41. The Morgan fingerprint density at radius 3 is 3.00 bits per heavy atom. The highest BCUT2D eigenvalue weighted by Crippen LogP contribution is 2.30. The summed E-state index contributed by atoms with van der Waals surface area (Å²) in [4.78, 5) is 13.7. The first-order valence-corrected chi connectivity index (χ1v) is 6.47. The van der Waals surface area contributed by atoms with E-state index in [0.717, 1.165) is 13.0 Å². The van der Waals surface area contributed by atoms with Crippen molar-refractivity contribution in [2.45, 2.75) is 32.4 Å². The Labute approximate surface area is 108 Å². The number of nitrogens with two attached hydrogens (primary N) is 1. The minimum Gasteiger partial charge on any atom is -0.367 e. The lowest BCUT2D eigenvalue weighted by molar-refractivity contribution is -0.121. The summed E-state index contributed by atoms with van der Waals surface area (Å²) >= 11 is 0. The average molecular weight is 247 g/mol. The quantitative estimate of drug-likeness (QED) is 0.831. The van der Waals surface area contributed by atoms with Crippen LogP contribution >= 0.6 is 0 Å². The largest absolute Gasteiger partial charge is 0.367 e. The normalized spacial score (nSPS) is 19.5. The third kappa shape index (κ3) is 2.64. The van der Waals surface area contributed by atoms with Crippen LogP contribution in [0.1, 0.15) is 19.4 Å². The topological polar surface area (TPSA) is 58.4 Å². The van der Waals surface area contributed by atoms with Gasteiger partial charge in [0.25, 0.3) is 0 Å². The summed E-state index contributed by atoms with van der Waals surface area (Å²) in [5.41, 5.74) is 8.19. The number of carbonyl (C=O) groups excluding carboxylic acids is 1. The maximum absolute atomic E-state index is 11.4. The van der Waals surface area contributed by atoms with Crippen LogP contribution in [0.15, 0.2) is 24.3 Å². The van der Waals surface area contributed by atoms with Gasteiger partial charge in [0.15, 0.2) is 0 Å². The van der Waals surface area contributed by atoms with Crippen molar-refractivity contribution < 1.29 is 4.79 Å². The van der Waals surface area contributed by atoms with Crippen LogP contribution in [0.2, 0.25) is 0 Å². The minimum absolute atomic E-state index is 0.0878. The number of nitrogens with zero attached hydrogens (tertiary/aromatic N) is 1. The molecule has 4 heteroatoms. The summed E-state index contributed by atoms with van der Waals surface area (Å²) < 4.78 is 0. The van der Waals surface area contributed by atoms with E-state index < -0.39 is 6.04 Å². The van der Waals surface area contributed by atoms with E-state index in [9.17, 15) is 4.79 Å². The minimum atomic E-state index is -0.437. The van der Waals surface area contributed by atoms with Gasteiger partial charge in [0, 0.05) is 24.8 Å². The molecule has 0 fully saturated rings. The van der Waals surface area contributed by atoms with Gasteiger partial charge in [-0.2, -0.15) is 0 Å². The van der Waals surface area contributed by atoms with Crippen LogP contribution in [-0.2, 0) is 11.2 Å². The highest BCUT2D eigenvalue weighted by atomic mass is 16.2. The first-order chi connectivity index (χ1) is 8.59. The van der Waals surface area contributed by atoms with E-state index in [-0.39, 0.29) is 5.91 Å². The maximum atomic E-state index is 11.4. The third-order valence-corrected chi connectivity index (χ3v) is 3.41. The molecule has 18 heavy (non-hydrogen) atoms. The van der Waals surface area contributed by atoms with Gasteiger partial charge < -0.3 is 16.0 Å². The maximum Gasteiger partial charge on any atom is 0.236 e. The van der Waals surface area contributed by atoms with E-state index in [1.165, 1.54) is 11.3 Å². The van der Waals surface area contributed by atoms with Gasteiger partial charge in [-0.15, -0.1) is 0 Å². The first-order valence-electron chi connectivity index (χ1n) is 6.47. The summed E-state index contributed by atoms with van der Waals surface area (Å²) in [5, 5.41) is 2.85. The van der Waals surface area contributed by atoms with Gasteiger partial charge in [-0.1, -0.05) is 18.2 Å². The lowest BCUT2D eigenvalue weighted by Crippen LogP contribution is -2.43. The Kier molecular flexibility index (Phi) is 3.87. The van der Waals surface area contributed by atoms with Crippen molar-refractivity contribution in [2.75, 3.05) is 18.0 Å². The van der Waals surface area contributed by atoms with E-state index in [4.69, 9.17) is 5.73 Å². The van der Waals surface area contributed by atoms with Gasteiger partial charge in [-0.25, -0.2) is 0 Å². The van der Waals surface area contributed by atoms with Gasteiger partial charge in [-0.3, -0.25) is 4.79 Å². The Morgan fingerprint density at radius 1 is 1.56 bits per heavy atom. The second-order valence-electron chi connectivity index (χ2n) is 4.95. The molecule has 3 N–H and O–H groups in total. The number of amides is 1. The lowest BCUT2D eigenvalue weighted by Gasteiger charge is -2.25. The number of anilines is 1. The molecule has 0 saturated carbocycles. The Morgan fingerprint density at radius 2 is 2.28 bits per heavy atom. The van der Waals surface area contributed by atoms with Crippen molar-refractivity contribution in [1.29, 1.82) is 0 Å². The molecule has 2 rings (SSSR count). The van der Waals surface area contributed by atoms with E-state index in [1.807, 2.05) is 0 Å². The molecule has 2 atom stereocenters. The smallest absolute Gasteiger partial charge is 0.236 e. The Balaban J connectivity index is 1.92. The summed E-state index contributed by atoms with van der Waals surface area (Å²) in [5.74, 6) is -0.0878. The van der Waals surface area contributed by atoms with Gasteiger partial charge in [-0.05, 0) is 31.9 Å². The fraction of sp³-hybridized carbons (Fsp3) is 0.500. The molecule has 1 amide bonds. The molecule has 1 aromatic rings. The molecular formula is C14H21N3O. The van der Waals surface area contributed by atoms with E-state index in [0.29, 0.717) is 12.6 Å². The average Bonchev–Trinajstić information content (AvgIpc) is 2.65. The molecule has 1 heterocycles. The Bertz CT molecular complexity index is 431. The second kappa shape index (κ2) is 5.40. The zero-order chi connectivity index (χ0) is 13.1. The van der Waals surface area contributed by atoms with Gasteiger partial charge in [0.1, 0.15) is 0 Å². The molecule has 0 spiro atoms. The van der Waals surface area contributed by atoms with Crippen LogP contribution in [-0.4, -0.2) is 31.1 Å². The van der Waals surface area contributed by atoms with Gasteiger partial charge in [0.05, 0.1) is 6.04 Å². The first kappa shape index (κ1) is 12.9. The van der Waals surface area contributed by atoms with Gasteiger partial charge in [0.2, 0.25) is 5.91 Å². The molecule has 0 bridgehead atoms. The zero-order valence-corrected chi connectivity index (χ0v) is 11.0. The summed E-state index contributed by atoms with van der Waals surface area (Å²) in [7, 11) is 0. The van der Waals surface area contributed by atoms with Crippen molar-refractivity contribution in [2.24, 2.45) is 5.73 Å². The number of fused-ring (bicyclic) bond motifs is 1. The summed E-state index contributed by atoms with van der Waals surface area (Å²) in [6, 6.07) is 8.51.